The monoisotopic (exact) mass is 339 g/mol. The molecule has 1 aromatic carbocycles. The molecular weight excluding hydrogens is 330 g/mol. The maximum Gasteiger partial charge on any atom is 0.296 e. The number of nitrogens with one attached hydrogen (secondary N) is 1. The predicted octanol–water partition coefficient (Wildman–Crippen LogP) is 1.88. The molecule has 1 aromatic heterocycles. The Hall–Kier alpha value is -2.41. The van der Waals surface area contributed by atoms with Gasteiger partial charge in [-0.05, 0) is 25.1 Å². The van der Waals surface area contributed by atoms with Crippen molar-refractivity contribution in [3.63, 3.8) is 0 Å². The van der Waals surface area contributed by atoms with Crippen LogP contribution in [-0.4, -0.2) is 22.9 Å². The molecule has 1 heterocycles. The zero-order valence-corrected chi connectivity index (χ0v) is 12.8. The van der Waals surface area contributed by atoms with Crippen LogP contribution in [0.4, 0.5) is 17.2 Å². The SMILES string of the molecule is Cc1nc(Cl)c(C#N)c(Nc2ccc(S(=O)(=O)O)c(N)c2)n1. The lowest BCUT2D eigenvalue weighted by Crippen LogP contribution is -2.05. The Morgan fingerprint density at radius 2 is 2.09 bits per heavy atom. The molecule has 114 valence electrons. The number of nitrogens with zero attached hydrogens (tertiary/aromatic N) is 3. The van der Waals surface area contributed by atoms with Gasteiger partial charge in [-0.3, -0.25) is 4.55 Å². The Morgan fingerprint density at radius 3 is 2.64 bits per heavy atom. The first-order valence-corrected chi connectivity index (χ1v) is 7.62. The van der Waals surface area contributed by atoms with Crippen molar-refractivity contribution in [3.8, 4) is 6.07 Å². The van der Waals surface area contributed by atoms with E-state index in [1.54, 1.807) is 6.92 Å². The van der Waals surface area contributed by atoms with Crippen molar-refractivity contribution in [1.82, 2.24) is 9.97 Å². The number of nitriles is 1. The molecule has 0 spiro atoms. The molecule has 0 aliphatic carbocycles. The summed E-state index contributed by atoms with van der Waals surface area (Å²) in [6, 6.07) is 5.66. The highest BCUT2D eigenvalue weighted by molar-refractivity contribution is 7.86. The van der Waals surface area contributed by atoms with Gasteiger partial charge in [0.05, 0.1) is 5.69 Å². The Morgan fingerprint density at radius 1 is 1.41 bits per heavy atom. The summed E-state index contributed by atoms with van der Waals surface area (Å²) in [5.41, 5.74) is 5.86. The van der Waals surface area contributed by atoms with E-state index in [9.17, 15) is 8.42 Å². The summed E-state index contributed by atoms with van der Waals surface area (Å²) in [7, 11) is -4.40. The second kappa shape index (κ2) is 5.76. The first kappa shape index (κ1) is 16.0. The van der Waals surface area contributed by atoms with E-state index in [1.807, 2.05) is 6.07 Å². The number of halogens is 1. The highest BCUT2D eigenvalue weighted by atomic mass is 35.5. The number of rotatable bonds is 3. The molecule has 0 atom stereocenters. The minimum atomic E-state index is -4.40. The molecule has 0 bridgehead atoms. The van der Waals surface area contributed by atoms with Gasteiger partial charge in [0.1, 0.15) is 22.4 Å². The topological polar surface area (TPSA) is 142 Å². The molecule has 0 radical (unpaired) electrons. The number of hydrogen-bond donors (Lipinski definition) is 3. The van der Waals surface area contributed by atoms with Crippen molar-refractivity contribution in [3.05, 3.63) is 34.7 Å². The van der Waals surface area contributed by atoms with E-state index in [2.05, 4.69) is 15.3 Å². The molecule has 0 aliphatic rings. The van der Waals surface area contributed by atoms with Crippen LogP contribution in [0.25, 0.3) is 0 Å². The molecule has 0 saturated heterocycles. The van der Waals surface area contributed by atoms with Crippen molar-refractivity contribution in [2.75, 3.05) is 11.1 Å². The predicted molar refractivity (Wildman–Crippen MR) is 80.4 cm³/mol. The Balaban J connectivity index is 2.45. The van der Waals surface area contributed by atoms with Gasteiger partial charge in [-0.25, -0.2) is 9.97 Å². The molecule has 2 aromatic rings. The van der Waals surface area contributed by atoms with Crippen LogP contribution >= 0.6 is 11.6 Å². The first-order valence-electron chi connectivity index (χ1n) is 5.80. The largest absolute Gasteiger partial charge is 0.398 e. The van der Waals surface area contributed by atoms with Crippen LogP contribution in [0.3, 0.4) is 0 Å². The lowest BCUT2D eigenvalue weighted by Gasteiger charge is -2.10. The van der Waals surface area contributed by atoms with Crippen LogP contribution in [0.2, 0.25) is 5.15 Å². The van der Waals surface area contributed by atoms with E-state index in [4.69, 9.17) is 27.1 Å². The quantitative estimate of drug-likeness (QED) is 0.437. The van der Waals surface area contributed by atoms with Crippen molar-refractivity contribution >= 4 is 38.9 Å². The lowest BCUT2D eigenvalue weighted by molar-refractivity contribution is 0.483. The molecule has 8 nitrogen and oxygen atoms in total. The van der Waals surface area contributed by atoms with E-state index in [0.717, 1.165) is 6.07 Å². The zero-order valence-electron chi connectivity index (χ0n) is 11.2. The van der Waals surface area contributed by atoms with Crippen molar-refractivity contribution in [1.29, 1.82) is 5.26 Å². The second-order valence-electron chi connectivity index (χ2n) is 4.25. The number of hydrogen-bond acceptors (Lipinski definition) is 7. The van der Waals surface area contributed by atoms with E-state index in [1.165, 1.54) is 12.1 Å². The number of benzene rings is 1. The number of aromatic nitrogens is 2. The third kappa shape index (κ3) is 3.25. The standard InChI is InChI=1S/C12H10ClN5O3S/c1-6-16-11(13)8(5-14)12(17-6)18-7-2-3-10(9(15)4-7)22(19,20)21/h2-4H,15H2,1H3,(H,16,17,18)(H,19,20,21). The summed E-state index contributed by atoms with van der Waals surface area (Å²) in [5.74, 6) is 0.521. The summed E-state index contributed by atoms with van der Waals surface area (Å²) in [5, 5.41) is 11.9. The molecule has 10 heteroatoms. The molecule has 4 N–H and O–H groups in total. The van der Waals surface area contributed by atoms with Crippen LogP contribution in [0.1, 0.15) is 11.4 Å². The van der Waals surface area contributed by atoms with Gasteiger partial charge in [-0.1, -0.05) is 11.6 Å². The number of nitrogens with two attached hydrogens (primary N) is 1. The van der Waals surface area contributed by atoms with Gasteiger partial charge in [0, 0.05) is 5.69 Å². The fraction of sp³-hybridized carbons (Fsp3) is 0.0833. The fourth-order valence-corrected chi connectivity index (χ4v) is 2.58. The second-order valence-corrected chi connectivity index (χ2v) is 6.00. The van der Waals surface area contributed by atoms with Crippen LogP contribution in [0, 0.1) is 18.3 Å². The van der Waals surface area contributed by atoms with Crippen molar-refractivity contribution in [2.45, 2.75) is 11.8 Å². The average Bonchev–Trinajstić information content (AvgIpc) is 2.36. The minimum Gasteiger partial charge on any atom is -0.398 e. The van der Waals surface area contributed by atoms with Gasteiger partial charge in [0.2, 0.25) is 0 Å². The fourth-order valence-electron chi connectivity index (χ4n) is 1.73. The van der Waals surface area contributed by atoms with Gasteiger partial charge < -0.3 is 11.1 Å². The van der Waals surface area contributed by atoms with E-state index in [-0.39, 0.29) is 22.2 Å². The zero-order chi connectivity index (χ0) is 16.5. The molecule has 2 rings (SSSR count). The van der Waals surface area contributed by atoms with Crippen LogP contribution < -0.4 is 11.1 Å². The van der Waals surface area contributed by atoms with E-state index in [0.29, 0.717) is 11.5 Å². The maximum atomic E-state index is 11.1. The Bertz CT molecular complexity index is 892. The Labute approximate surface area is 131 Å². The maximum absolute atomic E-state index is 11.1. The lowest BCUT2D eigenvalue weighted by atomic mass is 10.2. The van der Waals surface area contributed by atoms with E-state index < -0.39 is 15.0 Å². The van der Waals surface area contributed by atoms with Gasteiger partial charge in [0.15, 0.2) is 11.0 Å². The number of aryl methyl sites for hydroxylation is 1. The normalized spacial score (nSPS) is 11.0. The van der Waals surface area contributed by atoms with Crippen LogP contribution in [0.15, 0.2) is 23.1 Å². The molecule has 0 amide bonds. The molecule has 0 aliphatic heterocycles. The molecular formula is C12H10ClN5O3S. The summed E-state index contributed by atoms with van der Waals surface area (Å²) < 4.78 is 31.2. The summed E-state index contributed by atoms with van der Waals surface area (Å²) in [6.45, 7) is 1.61. The van der Waals surface area contributed by atoms with Crippen molar-refractivity contribution in [2.24, 2.45) is 0 Å². The summed E-state index contributed by atoms with van der Waals surface area (Å²) in [6.07, 6.45) is 0. The smallest absolute Gasteiger partial charge is 0.296 e. The number of nitrogen functional groups attached to an aromatic ring is 1. The average molecular weight is 340 g/mol. The van der Waals surface area contributed by atoms with Gasteiger partial charge in [0.25, 0.3) is 10.1 Å². The van der Waals surface area contributed by atoms with Crippen LogP contribution in [-0.2, 0) is 10.1 Å². The summed E-state index contributed by atoms with van der Waals surface area (Å²) >= 11 is 5.87. The van der Waals surface area contributed by atoms with Gasteiger partial charge in [-0.15, -0.1) is 0 Å². The molecule has 0 fully saturated rings. The first-order chi connectivity index (χ1) is 10.2. The Kier molecular flexibility index (Phi) is 4.18. The highest BCUT2D eigenvalue weighted by Gasteiger charge is 2.16. The van der Waals surface area contributed by atoms with Crippen molar-refractivity contribution < 1.29 is 13.0 Å². The van der Waals surface area contributed by atoms with E-state index >= 15 is 0 Å². The minimum absolute atomic E-state index is 0.0000260. The molecule has 22 heavy (non-hydrogen) atoms. The highest BCUT2D eigenvalue weighted by Crippen LogP contribution is 2.27. The van der Waals surface area contributed by atoms with Gasteiger partial charge >= 0.3 is 0 Å². The third-order valence-electron chi connectivity index (χ3n) is 2.64. The van der Waals surface area contributed by atoms with Crippen LogP contribution in [0.5, 0.6) is 0 Å². The van der Waals surface area contributed by atoms with Gasteiger partial charge in [-0.2, -0.15) is 13.7 Å². The third-order valence-corrected chi connectivity index (χ3v) is 3.84. The molecule has 0 saturated carbocycles. The molecule has 0 unspecified atom stereocenters. The number of anilines is 3. The summed E-state index contributed by atoms with van der Waals surface area (Å²) in [4.78, 5) is 7.52.